The number of amides is 2. The second-order valence-electron chi connectivity index (χ2n) is 5.36. The Morgan fingerprint density at radius 2 is 1.36 bits per heavy atom. The second kappa shape index (κ2) is 8.63. The zero-order valence-corrected chi connectivity index (χ0v) is 14.2. The molecule has 0 unspecified atom stereocenters. The van der Waals surface area contributed by atoms with Crippen LogP contribution in [0.1, 0.15) is 44.4 Å². The van der Waals surface area contributed by atoms with Crippen molar-refractivity contribution < 1.29 is 19.1 Å². The zero-order valence-electron chi connectivity index (χ0n) is 14.2. The highest BCUT2D eigenvalue weighted by Gasteiger charge is 2.10. The fraction of sp³-hybridized carbons (Fsp3) is 0.211. The fourth-order valence-corrected chi connectivity index (χ4v) is 2.12. The number of anilines is 1. The fourth-order valence-electron chi connectivity index (χ4n) is 2.12. The number of methoxy groups -OCH3 is 1. The molecule has 130 valence electrons. The highest BCUT2D eigenvalue weighted by molar-refractivity contribution is 6.05. The van der Waals surface area contributed by atoms with E-state index in [-0.39, 0.29) is 11.8 Å². The molecule has 2 amide bonds. The molecule has 2 rings (SSSR count). The molecule has 25 heavy (non-hydrogen) atoms. The molecule has 0 aliphatic heterocycles. The topological polar surface area (TPSA) is 84.5 Å². The minimum atomic E-state index is -0.435. The first-order valence-electron chi connectivity index (χ1n) is 7.93. The Morgan fingerprint density at radius 1 is 0.840 bits per heavy atom. The van der Waals surface area contributed by atoms with Gasteiger partial charge in [0.25, 0.3) is 11.8 Å². The average Bonchev–Trinajstić information content (AvgIpc) is 2.66. The van der Waals surface area contributed by atoms with Crippen LogP contribution in [-0.4, -0.2) is 31.4 Å². The van der Waals surface area contributed by atoms with E-state index in [0.29, 0.717) is 28.9 Å². The van der Waals surface area contributed by atoms with Crippen LogP contribution in [0.4, 0.5) is 5.69 Å². The molecular formula is C19H20N2O4. The van der Waals surface area contributed by atoms with Gasteiger partial charge in [-0.25, -0.2) is 4.79 Å². The number of hydrogen-bond donors (Lipinski definition) is 2. The summed E-state index contributed by atoms with van der Waals surface area (Å²) < 4.78 is 4.62. The van der Waals surface area contributed by atoms with Crippen molar-refractivity contribution in [2.24, 2.45) is 0 Å². The molecule has 6 nitrogen and oxygen atoms in total. The first-order chi connectivity index (χ1) is 12.0. The van der Waals surface area contributed by atoms with Crippen LogP contribution >= 0.6 is 0 Å². The van der Waals surface area contributed by atoms with E-state index < -0.39 is 5.97 Å². The van der Waals surface area contributed by atoms with Crippen molar-refractivity contribution in [2.75, 3.05) is 19.0 Å². The smallest absolute Gasteiger partial charge is 0.337 e. The summed E-state index contributed by atoms with van der Waals surface area (Å²) in [5.74, 6) is -0.895. The molecule has 0 bridgehead atoms. The summed E-state index contributed by atoms with van der Waals surface area (Å²) in [6.45, 7) is 2.59. The van der Waals surface area contributed by atoms with Gasteiger partial charge in [0.05, 0.1) is 12.7 Å². The summed E-state index contributed by atoms with van der Waals surface area (Å²) in [5, 5.41) is 5.51. The minimum absolute atomic E-state index is 0.160. The summed E-state index contributed by atoms with van der Waals surface area (Å²) in [6, 6.07) is 12.8. The van der Waals surface area contributed by atoms with Gasteiger partial charge in [0, 0.05) is 23.4 Å². The number of carbonyl (C=O) groups excluding carboxylic acids is 3. The highest BCUT2D eigenvalue weighted by atomic mass is 16.5. The second-order valence-corrected chi connectivity index (χ2v) is 5.36. The predicted molar refractivity (Wildman–Crippen MR) is 94.8 cm³/mol. The first-order valence-corrected chi connectivity index (χ1v) is 7.93. The van der Waals surface area contributed by atoms with Gasteiger partial charge in [0.15, 0.2) is 0 Å². The number of benzene rings is 2. The Kier molecular flexibility index (Phi) is 6.28. The van der Waals surface area contributed by atoms with Crippen molar-refractivity contribution in [2.45, 2.75) is 13.3 Å². The quantitative estimate of drug-likeness (QED) is 0.792. The lowest BCUT2D eigenvalue weighted by Crippen LogP contribution is -2.24. The van der Waals surface area contributed by atoms with Crippen LogP contribution in [0.25, 0.3) is 0 Å². The van der Waals surface area contributed by atoms with Gasteiger partial charge in [0.1, 0.15) is 0 Å². The number of rotatable bonds is 6. The maximum absolute atomic E-state index is 12.2. The SMILES string of the molecule is CCCNC(=O)c1ccc(C(=O)Nc2ccc(C(=O)OC)cc2)cc1. The summed E-state index contributed by atoms with van der Waals surface area (Å²) in [4.78, 5) is 35.5. The number of carbonyl (C=O) groups is 3. The van der Waals surface area contributed by atoms with Crippen molar-refractivity contribution in [1.82, 2.24) is 5.32 Å². The van der Waals surface area contributed by atoms with Gasteiger partial charge in [-0.2, -0.15) is 0 Å². The first kappa shape index (κ1) is 18.2. The van der Waals surface area contributed by atoms with Crippen LogP contribution in [0, 0.1) is 0 Å². The molecule has 0 aliphatic carbocycles. The van der Waals surface area contributed by atoms with Crippen molar-refractivity contribution in [3.05, 3.63) is 65.2 Å². The van der Waals surface area contributed by atoms with E-state index in [1.165, 1.54) is 7.11 Å². The van der Waals surface area contributed by atoms with E-state index in [1.807, 2.05) is 6.92 Å². The van der Waals surface area contributed by atoms with Gasteiger partial charge < -0.3 is 15.4 Å². The highest BCUT2D eigenvalue weighted by Crippen LogP contribution is 2.13. The van der Waals surface area contributed by atoms with Crippen molar-refractivity contribution in [1.29, 1.82) is 0 Å². The van der Waals surface area contributed by atoms with Gasteiger partial charge in [-0.15, -0.1) is 0 Å². The molecule has 0 saturated carbocycles. The number of hydrogen-bond acceptors (Lipinski definition) is 4. The predicted octanol–water partition coefficient (Wildman–Crippen LogP) is 2.87. The third kappa shape index (κ3) is 4.91. The maximum atomic E-state index is 12.2. The van der Waals surface area contributed by atoms with E-state index in [0.717, 1.165) is 6.42 Å². The number of esters is 1. The largest absolute Gasteiger partial charge is 0.465 e. The van der Waals surface area contributed by atoms with E-state index in [9.17, 15) is 14.4 Å². The van der Waals surface area contributed by atoms with Crippen molar-refractivity contribution >= 4 is 23.5 Å². The molecule has 0 atom stereocenters. The standard InChI is InChI=1S/C19H20N2O4/c1-3-12-20-17(22)13-4-6-14(7-5-13)18(23)21-16-10-8-15(9-11-16)19(24)25-2/h4-11H,3,12H2,1-2H3,(H,20,22)(H,21,23). The van der Waals surface area contributed by atoms with Crippen LogP contribution in [0.3, 0.4) is 0 Å². The number of nitrogens with one attached hydrogen (secondary N) is 2. The molecule has 2 N–H and O–H groups in total. The summed E-state index contributed by atoms with van der Waals surface area (Å²) in [7, 11) is 1.31. The normalized spacial score (nSPS) is 10.0. The van der Waals surface area contributed by atoms with Gasteiger partial charge in [-0.1, -0.05) is 6.92 Å². The maximum Gasteiger partial charge on any atom is 0.337 e. The number of ether oxygens (including phenoxy) is 1. The van der Waals surface area contributed by atoms with E-state index in [1.54, 1.807) is 48.5 Å². The van der Waals surface area contributed by atoms with Crippen molar-refractivity contribution in [3.63, 3.8) is 0 Å². The van der Waals surface area contributed by atoms with Crippen LogP contribution in [0.2, 0.25) is 0 Å². The lowest BCUT2D eigenvalue weighted by Gasteiger charge is -2.07. The molecule has 0 fully saturated rings. The molecule has 2 aromatic carbocycles. The monoisotopic (exact) mass is 340 g/mol. The van der Waals surface area contributed by atoms with Crippen LogP contribution < -0.4 is 10.6 Å². The van der Waals surface area contributed by atoms with Gasteiger partial charge >= 0.3 is 5.97 Å². The summed E-state index contributed by atoms with van der Waals surface area (Å²) >= 11 is 0. The average molecular weight is 340 g/mol. The van der Waals surface area contributed by atoms with Crippen LogP contribution in [-0.2, 0) is 4.74 Å². The summed E-state index contributed by atoms with van der Waals surface area (Å²) in [6.07, 6.45) is 0.862. The molecule has 0 aromatic heterocycles. The molecule has 0 spiro atoms. The Labute approximate surface area is 146 Å². The summed E-state index contributed by atoms with van der Waals surface area (Å²) in [5.41, 5.74) is 1.90. The molecule has 0 aliphatic rings. The Balaban J connectivity index is 2.01. The molecule has 0 saturated heterocycles. The van der Waals surface area contributed by atoms with E-state index >= 15 is 0 Å². The zero-order chi connectivity index (χ0) is 18.2. The van der Waals surface area contributed by atoms with Gasteiger partial charge in [-0.3, -0.25) is 9.59 Å². The Hall–Kier alpha value is -3.15. The minimum Gasteiger partial charge on any atom is -0.465 e. The van der Waals surface area contributed by atoms with Crippen LogP contribution in [0.15, 0.2) is 48.5 Å². The molecule has 0 heterocycles. The van der Waals surface area contributed by atoms with Crippen molar-refractivity contribution in [3.8, 4) is 0 Å². The Morgan fingerprint density at radius 3 is 1.88 bits per heavy atom. The van der Waals surface area contributed by atoms with Crippen LogP contribution in [0.5, 0.6) is 0 Å². The van der Waals surface area contributed by atoms with E-state index in [4.69, 9.17) is 0 Å². The third-order valence-corrected chi connectivity index (χ3v) is 3.51. The Bertz CT molecular complexity index is 752. The molecule has 6 heteroatoms. The van der Waals surface area contributed by atoms with Gasteiger partial charge in [-0.05, 0) is 55.0 Å². The van der Waals surface area contributed by atoms with E-state index in [2.05, 4.69) is 15.4 Å². The third-order valence-electron chi connectivity index (χ3n) is 3.51. The van der Waals surface area contributed by atoms with Gasteiger partial charge in [0.2, 0.25) is 0 Å². The lowest BCUT2D eigenvalue weighted by atomic mass is 10.1. The molecule has 0 radical (unpaired) electrons. The lowest BCUT2D eigenvalue weighted by molar-refractivity contribution is 0.0600. The molecular weight excluding hydrogens is 320 g/mol. The molecule has 2 aromatic rings.